The Bertz CT molecular complexity index is 324. The molecular formula is C13H21N3. The Kier molecular flexibility index (Phi) is 3.44. The van der Waals surface area contributed by atoms with Crippen molar-refractivity contribution in [3.05, 3.63) is 23.9 Å². The number of pyridine rings is 1. The van der Waals surface area contributed by atoms with E-state index in [1.165, 1.54) is 5.56 Å². The minimum absolute atomic E-state index is 0.660. The number of rotatable bonds is 2. The lowest BCUT2D eigenvalue weighted by atomic mass is 10.2. The zero-order valence-electron chi connectivity index (χ0n) is 10.5. The number of aryl methyl sites for hydroxylation is 1. The summed E-state index contributed by atoms with van der Waals surface area (Å²) in [6.45, 7) is 11.1. The van der Waals surface area contributed by atoms with Crippen molar-refractivity contribution in [2.75, 3.05) is 31.1 Å². The van der Waals surface area contributed by atoms with Crippen LogP contribution >= 0.6 is 0 Å². The predicted molar refractivity (Wildman–Crippen MR) is 67.9 cm³/mol. The van der Waals surface area contributed by atoms with Crippen LogP contribution < -0.4 is 4.90 Å². The average molecular weight is 219 g/mol. The van der Waals surface area contributed by atoms with Crippen molar-refractivity contribution in [3.63, 3.8) is 0 Å². The number of anilines is 1. The molecule has 2 heterocycles. The minimum atomic E-state index is 0.660. The van der Waals surface area contributed by atoms with E-state index in [9.17, 15) is 0 Å². The normalized spacial score (nSPS) is 18.1. The molecule has 0 amide bonds. The van der Waals surface area contributed by atoms with Gasteiger partial charge in [-0.2, -0.15) is 0 Å². The molecule has 0 unspecified atom stereocenters. The molecule has 16 heavy (non-hydrogen) atoms. The minimum Gasteiger partial charge on any atom is -0.354 e. The van der Waals surface area contributed by atoms with Crippen molar-refractivity contribution < 1.29 is 0 Å². The van der Waals surface area contributed by atoms with Crippen LogP contribution in [0.4, 0.5) is 5.82 Å². The number of nitrogens with zero attached hydrogens (tertiary/aromatic N) is 3. The zero-order chi connectivity index (χ0) is 11.5. The van der Waals surface area contributed by atoms with Crippen LogP contribution in [0.2, 0.25) is 0 Å². The first-order valence-electron chi connectivity index (χ1n) is 6.08. The van der Waals surface area contributed by atoms with Gasteiger partial charge in [0.1, 0.15) is 5.82 Å². The highest BCUT2D eigenvalue weighted by Crippen LogP contribution is 2.14. The molecule has 0 aromatic carbocycles. The second kappa shape index (κ2) is 4.83. The molecule has 3 nitrogen and oxygen atoms in total. The largest absolute Gasteiger partial charge is 0.354 e. The van der Waals surface area contributed by atoms with Crippen molar-refractivity contribution in [3.8, 4) is 0 Å². The van der Waals surface area contributed by atoms with Crippen LogP contribution in [0.25, 0.3) is 0 Å². The van der Waals surface area contributed by atoms with Crippen molar-refractivity contribution in [2.45, 2.75) is 26.8 Å². The highest BCUT2D eigenvalue weighted by molar-refractivity contribution is 5.39. The Morgan fingerprint density at radius 1 is 1.12 bits per heavy atom. The molecule has 88 valence electrons. The van der Waals surface area contributed by atoms with Crippen LogP contribution in [0.1, 0.15) is 19.4 Å². The van der Waals surface area contributed by atoms with E-state index in [1.807, 2.05) is 6.20 Å². The van der Waals surface area contributed by atoms with E-state index in [4.69, 9.17) is 0 Å². The van der Waals surface area contributed by atoms with Gasteiger partial charge in [0, 0.05) is 38.4 Å². The SMILES string of the molecule is Cc1ccc(N2CCN(C(C)C)CC2)nc1. The molecule has 3 heteroatoms. The van der Waals surface area contributed by atoms with Crippen molar-refractivity contribution in [1.82, 2.24) is 9.88 Å². The van der Waals surface area contributed by atoms with E-state index in [2.05, 4.69) is 47.7 Å². The second-order valence-electron chi connectivity index (χ2n) is 4.81. The summed E-state index contributed by atoms with van der Waals surface area (Å²) in [5.74, 6) is 1.12. The van der Waals surface area contributed by atoms with E-state index < -0.39 is 0 Å². The van der Waals surface area contributed by atoms with Crippen molar-refractivity contribution >= 4 is 5.82 Å². The van der Waals surface area contributed by atoms with Gasteiger partial charge in [-0.15, -0.1) is 0 Å². The summed E-state index contributed by atoms with van der Waals surface area (Å²) in [7, 11) is 0. The van der Waals surface area contributed by atoms with Gasteiger partial charge in [0.2, 0.25) is 0 Å². The Morgan fingerprint density at radius 3 is 2.31 bits per heavy atom. The van der Waals surface area contributed by atoms with Gasteiger partial charge >= 0.3 is 0 Å². The van der Waals surface area contributed by atoms with Gasteiger partial charge < -0.3 is 4.90 Å². The number of aromatic nitrogens is 1. The van der Waals surface area contributed by atoms with Crippen LogP contribution in [0.5, 0.6) is 0 Å². The molecule has 2 rings (SSSR count). The van der Waals surface area contributed by atoms with Gasteiger partial charge in [0.15, 0.2) is 0 Å². The van der Waals surface area contributed by atoms with Gasteiger partial charge in [-0.3, -0.25) is 4.90 Å². The Hall–Kier alpha value is -1.09. The van der Waals surface area contributed by atoms with Gasteiger partial charge in [0.25, 0.3) is 0 Å². The number of piperazine rings is 1. The molecule has 1 aromatic rings. The first-order chi connectivity index (χ1) is 7.66. The first-order valence-corrected chi connectivity index (χ1v) is 6.08. The molecule has 1 aromatic heterocycles. The molecule has 0 atom stereocenters. The van der Waals surface area contributed by atoms with Crippen LogP contribution in [-0.4, -0.2) is 42.1 Å². The first kappa shape index (κ1) is 11.4. The molecular weight excluding hydrogens is 198 g/mol. The van der Waals surface area contributed by atoms with Gasteiger partial charge in [0.05, 0.1) is 0 Å². The lowest BCUT2D eigenvalue weighted by molar-refractivity contribution is 0.209. The summed E-state index contributed by atoms with van der Waals surface area (Å²) >= 11 is 0. The summed E-state index contributed by atoms with van der Waals surface area (Å²) in [6.07, 6.45) is 1.95. The third kappa shape index (κ3) is 2.53. The molecule has 0 saturated carbocycles. The van der Waals surface area contributed by atoms with Crippen molar-refractivity contribution in [1.29, 1.82) is 0 Å². The topological polar surface area (TPSA) is 19.4 Å². The van der Waals surface area contributed by atoms with Crippen LogP contribution in [0.15, 0.2) is 18.3 Å². The van der Waals surface area contributed by atoms with Gasteiger partial charge in [-0.1, -0.05) is 6.07 Å². The van der Waals surface area contributed by atoms with E-state index in [1.54, 1.807) is 0 Å². The lowest BCUT2D eigenvalue weighted by Crippen LogP contribution is -2.49. The molecule has 0 spiro atoms. The quantitative estimate of drug-likeness (QED) is 0.757. The van der Waals surface area contributed by atoms with E-state index >= 15 is 0 Å². The Balaban J connectivity index is 1.96. The average Bonchev–Trinajstić information content (AvgIpc) is 2.30. The lowest BCUT2D eigenvalue weighted by Gasteiger charge is -2.37. The molecule has 1 aliphatic heterocycles. The monoisotopic (exact) mass is 219 g/mol. The van der Waals surface area contributed by atoms with Crippen LogP contribution in [0.3, 0.4) is 0 Å². The molecule has 1 saturated heterocycles. The third-order valence-corrected chi connectivity index (χ3v) is 3.26. The van der Waals surface area contributed by atoms with Gasteiger partial charge in [-0.25, -0.2) is 4.98 Å². The zero-order valence-corrected chi connectivity index (χ0v) is 10.5. The molecule has 0 radical (unpaired) electrons. The predicted octanol–water partition coefficient (Wildman–Crippen LogP) is 1.92. The maximum atomic E-state index is 4.48. The summed E-state index contributed by atoms with van der Waals surface area (Å²) in [5.41, 5.74) is 1.23. The maximum Gasteiger partial charge on any atom is 0.128 e. The summed E-state index contributed by atoms with van der Waals surface area (Å²) in [5, 5.41) is 0. The summed E-state index contributed by atoms with van der Waals surface area (Å²) < 4.78 is 0. The van der Waals surface area contributed by atoms with E-state index in [-0.39, 0.29) is 0 Å². The Labute approximate surface area is 98.1 Å². The third-order valence-electron chi connectivity index (χ3n) is 3.26. The number of hydrogen-bond donors (Lipinski definition) is 0. The fraction of sp³-hybridized carbons (Fsp3) is 0.615. The fourth-order valence-electron chi connectivity index (χ4n) is 2.11. The Morgan fingerprint density at radius 2 is 1.81 bits per heavy atom. The van der Waals surface area contributed by atoms with E-state index in [0.29, 0.717) is 6.04 Å². The molecule has 1 fully saturated rings. The summed E-state index contributed by atoms with van der Waals surface area (Å²) in [6, 6.07) is 4.92. The molecule has 1 aliphatic rings. The fourth-order valence-corrected chi connectivity index (χ4v) is 2.11. The van der Waals surface area contributed by atoms with E-state index in [0.717, 1.165) is 32.0 Å². The number of hydrogen-bond acceptors (Lipinski definition) is 3. The van der Waals surface area contributed by atoms with Crippen LogP contribution in [0, 0.1) is 6.92 Å². The maximum absolute atomic E-state index is 4.48. The standard InChI is InChI=1S/C13H21N3/c1-11(2)15-6-8-16(9-7-15)13-5-4-12(3)10-14-13/h4-5,10-11H,6-9H2,1-3H3. The smallest absolute Gasteiger partial charge is 0.128 e. The molecule has 0 aliphatic carbocycles. The highest BCUT2D eigenvalue weighted by Gasteiger charge is 2.19. The molecule has 0 bridgehead atoms. The van der Waals surface area contributed by atoms with Gasteiger partial charge in [-0.05, 0) is 32.4 Å². The highest BCUT2D eigenvalue weighted by atomic mass is 15.3. The molecule has 0 N–H and O–H groups in total. The second-order valence-corrected chi connectivity index (χ2v) is 4.81. The summed E-state index contributed by atoms with van der Waals surface area (Å²) in [4.78, 5) is 9.37. The van der Waals surface area contributed by atoms with Crippen molar-refractivity contribution in [2.24, 2.45) is 0 Å². The van der Waals surface area contributed by atoms with Crippen LogP contribution in [-0.2, 0) is 0 Å².